The van der Waals surface area contributed by atoms with Crippen molar-refractivity contribution in [2.75, 3.05) is 0 Å². The van der Waals surface area contributed by atoms with Crippen LogP contribution < -0.4 is 11.1 Å². The Bertz CT molecular complexity index is 452. The van der Waals surface area contributed by atoms with Gasteiger partial charge in [-0.05, 0) is 40.9 Å². The fourth-order valence-electron chi connectivity index (χ4n) is 2.13. The first-order valence-electron chi connectivity index (χ1n) is 5.41. The molecule has 1 fully saturated rings. The van der Waals surface area contributed by atoms with Crippen LogP contribution in [0.4, 0.5) is 0 Å². The average Bonchev–Trinajstić information content (AvgIpc) is 2.87. The van der Waals surface area contributed by atoms with E-state index in [1.54, 1.807) is 6.07 Å². The number of amides is 1. The van der Waals surface area contributed by atoms with E-state index in [-0.39, 0.29) is 5.91 Å². The zero-order valence-corrected chi connectivity index (χ0v) is 12.4. The van der Waals surface area contributed by atoms with Gasteiger partial charge in [-0.1, -0.05) is 25.1 Å². The van der Waals surface area contributed by atoms with Crippen LogP contribution in [0.15, 0.2) is 15.9 Å². The van der Waals surface area contributed by atoms with Crippen molar-refractivity contribution in [1.29, 1.82) is 0 Å². The normalized spacial score (nSPS) is 17.9. The summed E-state index contributed by atoms with van der Waals surface area (Å²) >= 11 is 9.85. The van der Waals surface area contributed by atoms with Crippen molar-refractivity contribution in [3.05, 3.63) is 20.8 Å². The van der Waals surface area contributed by atoms with Gasteiger partial charge in [0.1, 0.15) is 0 Å². The number of rotatable bonds is 3. The lowest BCUT2D eigenvalue weighted by Gasteiger charge is -2.28. The number of nitrogens with one attached hydrogen (secondary N) is 1. The quantitative estimate of drug-likeness (QED) is 0.837. The Morgan fingerprint density at radius 2 is 2.12 bits per heavy atom. The van der Waals surface area contributed by atoms with E-state index in [1.165, 1.54) is 11.3 Å². The number of hydrogen-bond acceptors (Lipinski definition) is 3. The second-order valence-corrected chi connectivity index (χ2v) is 7.11. The number of carbonyl (C=O) groups is 1. The molecule has 1 aromatic heterocycles. The van der Waals surface area contributed by atoms with Gasteiger partial charge in [0.15, 0.2) is 0 Å². The molecule has 3 N–H and O–H groups in total. The maximum absolute atomic E-state index is 12.1. The van der Waals surface area contributed by atoms with Gasteiger partial charge in [-0.2, -0.15) is 0 Å². The van der Waals surface area contributed by atoms with Crippen LogP contribution in [0, 0.1) is 0 Å². The number of hydrogen-bond donors (Lipinski definition) is 2. The van der Waals surface area contributed by atoms with E-state index >= 15 is 0 Å². The van der Waals surface area contributed by atoms with Gasteiger partial charge in [-0.15, -0.1) is 11.3 Å². The minimum absolute atomic E-state index is 0.0876. The molecule has 0 saturated heterocycles. The molecule has 92 valence electrons. The van der Waals surface area contributed by atoms with Crippen molar-refractivity contribution in [1.82, 2.24) is 5.32 Å². The van der Waals surface area contributed by atoms with Gasteiger partial charge in [0.05, 0.1) is 19.2 Å². The van der Waals surface area contributed by atoms with Gasteiger partial charge in [0.25, 0.3) is 5.91 Å². The molecule has 1 aliphatic carbocycles. The Hall–Kier alpha value is -0.460. The summed E-state index contributed by atoms with van der Waals surface area (Å²) in [4.78, 5) is 13.2. The summed E-state index contributed by atoms with van der Waals surface area (Å²) < 4.78 is 0.943. The first kappa shape index (κ1) is 13.0. The van der Waals surface area contributed by atoms with Crippen molar-refractivity contribution in [2.45, 2.75) is 31.2 Å². The van der Waals surface area contributed by atoms with Crippen LogP contribution in [-0.2, 0) is 0 Å². The number of carbonyl (C=O) groups excluding carboxylic acids is 1. The predicted molar refractivity (Wildman–Crippen MR) is 77.5 cm³/mol. The second-order valence-electron chi connectivity index (χ2n) is 4.21. The van der Waals surface area contributed by atoms with Crippen LogP contribution in [0.2, 0.25) is 0 Å². The molecule has 1 aliphatic rings. The average molecular weight is 333 g/mol. The van der Waals surface area contributed by atoms with E-state index in [9.17, 15) is 4.79 Å². The number of thiophene rings is 1. The monoisotopic (exact) mass is 332 g/mol. The molecule has 1 amide bonds. The van der Waals surface area contributed by atoms with Gasteiger partial charge in [-0.25, -0.2) is 0 Å². The molecule has 0 aliphatic heterocycles. The van der Waals surface area contributed by atoms with Crippen LogP contribution >= 0.6 is 39.5 Å². The summed E-state index contributed by atoms with van der Waals surface area (Å²) in [6.07, 6.45) is 3.82. The Morgan fingerprint density at radius 3 is 2.59 bits per heavy atom. The van der Waals surface area contributed by atoms with E-state index in [1.807, 2.05) is 6.07 Å². The van der Waals surface area contributed by atoms with Crippen molar-refractivity contribution in [3.8, 4) is 0 Å². The summed E-state index contributed by atoms with van der Waals surface area (Å²) in [7, 11) is 0. The summed E-state index contributed by atoms with van der Waals surface area (Å²) in [5.74, 6) is -0.0876. The van der Waals surface area contributed by atoms with Gasteiger partial charge >= 0.3 is 0 Å². The van der Waals surface area contributed by atoms with Crippen molar-refractivity contribution in [2.24, 2.45) is 5.73 Å². The molecule has 0 unspecified atom stereocenters. The van der Waals surface area contributed by atoms with Crippen LogP contribution in [0.3, 0.4) is 0 Å². The summed E-state index contributed by atoms with van der Waals surface area (Å²) in [6.45, 7) is 0. The highest BCUT2D eigenvalue weighted by Gasteiger charge is 2.38. The highest BCUT2D eigenvalue weighted by Crippen LogP contribution is 2.31. The SMILES string of the molecule is NC(=S)C1(NC(=O)c2ccc(Br)s2)CCCC1. The molecule has 0 bridgehead atoms. The molecule has 0 atom stereocenters. The predicted octanol–water partition coefficient (Wildman–Crippen LogP) is 2.84. The van der Waals surface area contributed by atoms with Crippen molar-refractivity contribution < 1.29 is 4.79 Å². The van der Waals surface area contributed by atoms with Gasteiger partial charge < -0.3 is 11.1 Å². The lowest BCUT2D eigenvalue weighted by Crippen LogP contribution is -2.54. The largest absolute Gasteiger partial charge is 0.391 e. The molecule has 1 aromatic rings. The zero-order chi connectivity index (χ0) is 12.5. The van der Waals surface area contributed by atoms with Crippen LogP contribution in [0.5, 0.6) is 0 Å². The number of halogens is 1. The minimum atomic E-state index is -0.469. The van der Waals surface area contributed by atoms with Crippen LogP contribution in [-0.4, -0.2) is 16.4 Å². The summed E-state index contributed by atoms with van der Waals surface area (Å²) in [6, 6.07) is 3.66. The molecular weight excluding hydrogens is 320 g/mol. The molecule has 3 nitrogen and oxygen atoms in total. The molecule has 17 heavy (non-hydrogen) atoms. The zero-order valence-electron chi connectivity index (χ0n) is 9.16. The molecule has 0 spiro atoms. The third kappa shape index (κ3) is 2.69. The molecule has 1 saturated carbocycles. The lowest BCUT2D eigenvalue weighted by molar-refractivity contribution is 0.0928. The molecule has 0 aromatic carbocycles. The first-order valence-corrected chi connectivity index (χ1v) is 7.43. The van der Waals surface area contributed by atoms with Crippen LogP contribution in [0.1, 0.15) is 35.4 Å². The van der Waals surface area contributed by atoms with E-state index in [0.717, 1.165) is 29.5 Å². The third-order valence-corrected chi connectivity index (χ3v) is 5.09. The summed E-state index contributed by atoms with van der Waals surface area (Å²) in [5.41, 5.74) is 5.31. The Labute approximate surface area is 118 Å². The fraction of sp³-hybridized carbons (Fsp3) is 0.455. The molecule has 0 radical (unpaired) electrons. The molecular formula is C11H13BrN2OS2. The van der Waals surface area contributed by atoms with Gasteiger partial charge in [-0.3, -0.25) is 4.79 Å². The van der Waals surface area contributed by atoms with Crippen LogP contribution in [0.25, 0.3) is 0 Å². The van der Waals surface area contributed by atoms with E-state index in [2.05, 4.69) is 21.2 Å². The fourth-order valence-corrected chi connectivity index (χ4v) is 3.66. The number of nitrogens with two attached hydrogens (primary N) is 1. The number of thiocarbonyl (C=S) groups is 1. The highest BCUT2D eigenvalue weighted by atomic mass is 79.9. The smallest absolute Gasteiger partial charge is 0.262 e. The van der Waals surface area contributed by atoms with Gasteiger partial charge in [0.2, 0.25) is 0 Å². The highest BCUT2D eigenvalue weighted by molar-refractivity contribution is 9.11. The summed E-state index contributed by atoms with van der Waals surface area (Å²) in [5, 5.41) is 3.01. The molecule has 1 heterocycles. The lowest BCUT2D eigenvalue weighted by atomic mass is 9.97. The van der Waals surface area contributed by atoms with Gasteiger partial charge in [0, 0.05) is 0 Å². The second kappa shape index (κ2) is 5.04. The topological polar surface area (TPSA) is 55.1 Å². The Kier molecular flexibility index (Phi) is 3.85. The van der Waals surface area contributed by atoms with E-state index < -0.39 is 5.54 Å². The standard InChI is InChI=1S/C11H13BrN2OS2/c12-8-4-3-7(17-8)9(15)14-11(10(13)16)5-1-2-6-11/h3-4H,1-2,5-6H2,(H2,13,16)(H,14,15). The van der Waals surface area contributed by atoms with Crippen molar-refractivity contribution in [3.63, 3.8) is 0 Å². The van der Waals surface area contributed by atoms with E-state index in [4.69, 9.17) is 18.0 Å². The Morgan fingerprint density at radius 1 is 1.47 bits per heavy atom. The maximum Gasteiger partial charge on any atom is 0.262 e. The first-order chi connectivity index (χ1) is 8.03. The Balaban J connectivity index is 2.14. The van der Waals surface area contributed by atoms with E-state index in [0.29, 0.717) is 9.87 Å². The minimum Gasteiger partial charge on any atom is -0.391 e. The van der Waals surface area contributed by atoms with Crippen molar-refractivity contribution >= 4 is 50.4 Å². The maximum atomic E-state index is 12.1. The third-order valence-electron chi connectivity index (χ3n) is 3.08. The molecule has 2 rings (SSSR count). The molecule has 6 heteroatoms.